The lowest BCUT2D eigenvalue weighted by Gasteiger charge is -2.37. The monoisotopic (exact) mass is 584 g/mol. The Morgan fingerprint density at radius 2 is 1.56 bits per heavy atom. The van der Waals surface area contributed by atoms with E-state index in [9.17, 15) is 44.3 Å². The minimum Gasteiger partial charge on any atom is -0.428 e. The quantitative estimate of drug-likeness (QED) is 0.261. The van der Waals surface area contributed by atoms with Crippen LogP contribution in [0.3, 0.4) is 0 Å². The van der Waals surface area contributed by atoms with Gasteiger partial charge in [-0.2, -0.15) is 30.7 Å². The molecular formula is C25H18ClF9N2O2. The summed E-state index contributed by atoms with van der Waals surface area (Å²) in [7, 11) is 0. The number of halogens is 10. The van der Waals surface area contributed by atoms with Gasteiger partial charge in [-0.25, -0.2) is 13.6 Å². The van der Waals surface area contributed by atoms with Gasteiger partial charge in [-0.3, -0.25) is 0 Å². The molecule has 3 aromatic carbocycles. The highest BCUT2D eigenvalue weighted by molar-refractivity contribution is 6.30. The molecule has 0 aromatic heterocycles. The molecule has 2 N–H and O–H groups in total. The Bertz CT molecular complexity index is 1310. The molecule has 0 saturated heterocycles. The Labute approximate surface area is 220 Å². The van der Waals surface area contributed by atoms with Gasteiger partial charge in [0.05, 0.1) is 10.6 Å². The Balaban J connectivity index is 2.25. The van der Waals surface area contributed by atoms with Crippen LogP contribution < -0.4 is 15.4 Å². The fraction of sp³-hybridized carbons (Fsp3) is 0.240. The molecule has 4 nitrogen and oxygen atoms in total. The van der Waals surface area contributed by atoms with Crippen molar-refractivity contribution in [3.05, 3.63) is 100 Å². The minimum atomic E-state index is -5.04. The van der Waals surface area contributed by atoms with E-state index in [1.807, 2.05) is 0 Å². The Morgan fingerprint density at radius 3 is 2.15 bits per heavy atom. The van der Waals surface area contributed by atoms with E-state index in [4.69, 9.17) is 11.6 Å². The molecule has 3 rings (SSSR count). The molecule has 0 spiro atoms. The molecule has 0 unspecified atom stereocenters. The molecule has 3 aromatic rings. The lowest BCUT2D eigenvalue weighted by atomic mass is 9.77. The number of benzene rings is 3. The third kappa shape index (κ3) is 7.71. The van der Waals surface area contributed by atoms with Crippen molar-refractivity contribution in [3.63, 3.8) is 0 Å². The summed E-state index contributed by atoms with van der Waals surface area (Å²) in [6, 6.07) is 11.1. The van der Waals surface area contributed by atoms with Gasteiger partial charge in [0.15, 0.2) is 0 Å². The Hall–Kier alpha value is -3.61. The van der Waals surface area contributed by atoms with Crippen molar-refractivity contribution in [1.29, 1.82) is 0 Å². The smallest absolute Gasteiger partial charge is 0.428 e. The molecule has 0 fully saturated rings. The van der Waals surface area contributed by atoms with Crippen LogP contribution in [-0.4, -0.2) is 31.3 Å². The maximum absolute atomic E-state index is 14.7. The van der Waals surface area contributed by atoms with E-state index >= 15 is 0 Å². The van der Waals surface area contributed by atoms with E-state index in [0.29, 0.717) is 17.7 Å². The van der Waals surface area contributed by atoms with Gasteiger partial charge in [0.25, 0.3) is 0 Å². The lowest BCUT2D eigenvalue weighted by Crippen LogP contribution is -2.53. The van der Waals surface area contributed by atoms with Gasteiger partial charge in [0.1, 0.15) is 23.9 Å². The topological polar surface area (TPSA) is 50.4 Å². The van der Waals surface area contributed by atoms with Crippen LogP contribution in [0, 0.1) is 11.6 Å². The number of alkyl halides is 7. The summed E-state index contributed by atoms with van der Waals surface area (Å²) in [5.74, 6) is -3.29. The summed E-state index contributed by atoms with van der Waals surface area (Å²) in [5, 5.41) is 3.37. The molecule has 0 radical (unpaired) electrons. The maximum Gasteiger partial charge on any atom is 0.461 e. The van der Waals surface area contributed by atoms with Gasteiger partial charge in [0.2, 0.25) is 0 Å². The second-order valence-electron chi connectivity index (χ2n) is 8.26. The summed E-state index contributed by atoms with van der Waals surface area (Å²) >= 11 is 5.92. The van der Waals surface area contributed by atoms with E-state index in [0.717, 1.165) is 24.3 Å². The van der Waals surface area contributed by atoms with E-state index in [-0.39, 0.29) is 12.0 Å². The van der Waals surface area contributed by atoms with Crippen LogP contribution in [0.2, 0.25) is 5.02 Å². The Kier molecular flexibility index (Phi) is 8.94. The van der Waals surface area contributed by atoms with Crippen LogP contribution in [0.15, 0.2) is 66.7 Å². The number of carbonyl (C=O) groups excluding carboxylic acids is 1. The summed E-state index contributed by atoms with van der Waals surface area (Å²) in [5.41, 5.74) is -2.26. The predicted octanol–water partition coefficient (Wildman–Crippen LogP) is 7.20. The first-order valence-electron chi connectivity index (χ1n) is 10.9. The minimum absolute atomic E-state index is 0.114. The van der Waals surface area contributed by atoms with Gasteiger partial charge in [0, 0.05) is 12.5 Å². The van der Waals surface area contributed by atoms with Crippen molar-refractivity contribution in [2.75, 3.05) is 6.54 Å². The molecule has 0 aliphatic heterocycles. The van der Waals surface area contributed by atoms with Crippen molar-refractivity contribution in [1.82, 2.24) is 10.6 Å². The van der Waals surface area contributed by atoms with Crippen molar-refractivity contribution >= 4 is 17.6 Å². The number of rotatable bonds is 9. The first-order valence-corrected chi connectivity index (χ1v) is 11.3. The second-order valence-corrected chi connectivity index (χ2v) is 8.67. The molecule has 39 heavy (non-hydrogen) atoms. The third-order valence-electron chi connectivity index (χ3n) is 5.37. The molecule has 0 aliphatic rings. The van der Waals surface area contributed by atoms with Crippen LogP contribution in [0.25, 0.3) is 0 Å². The molecule has 2 amide bonds. The molecule has 0 heterocycles. The van der Waals surface area contributed by atoms with Crippen molar-refractivity contribution in [3.8, 4) is 5.75 Å². The van der Waals surface area contributed by atoms with Crippen molar-refractivity contribution < 1.29 is 49.0 Å². The zero-order valence-electron chi connectivity index (χ0n) is 19.4. The zero-order valence-corrected chi connectivity index (χ0v) is 20.2. The van der Waals surface area contributed by atoms with Crippen LogP contribution in [0.4, 0.5) is 44.3 Å². The SMILES string of the molecule is O=C(NCC(F)(F)F)N[C@@](Cc1ccccc1)(c1cc(F)cc(OC(F)(F)C(F)F)c1)c1ccc(F)c(Cl)c1. The maximum atomic E-state index is 14.7. The highest BCUT2D eigenvalue weighted by atomic mass is 35.5. The largest absolute Gasteiger partial charge is 0.461 e. The fourth-order valence-electron chi connectivity index (χ4n) is 3.71. The van der Waals surface area contributed by atoms with E-state index in [1.165, 1.54) is 12.1 Å². The fourth-order valence-corrected chi connectivity index (χ4v) is 3.89. The summed E-state index contributed by atoms with van der Waals surface area (Å²) in [4.78, 5) is 12.7. The number of urea groups is 1. The van der Waals surface area contributed by atoms with Crippen molar-refractivity contribution in [2.24, 2.45) is 0 Å². The Morgan fingerprint density at radius 1 is 0.897 bits per heavy atom. The summed E-state index contributed by atoms with van der Waals surface area (Å²) in [6.45, 7) is -1.78. The average molecular weight is 585 g/mol. The molecular weight excluding hydrogens is 567 g/mol. The number of amides is 2. The second kappa shape index (κ2) is 11.6. The summed E-state index contributed by atoms with van der Waals surface area (Å²) < 4.78 is 124. The number of carbonyl (C=O) groups is 1. The number of ether oxygens (including phenoxy) is 1. The highest BCUT2D eigenvalue weighted by Gasteiger charge is 2.45. The number of hydrogen-bond acceptors (Lipinski definition) is 2. The van der Waals surface area contributed by atoms with Gasteiger partial charge < -0.3 is 15.4 Å². The van der Waals surface area contributed by atoms with Crippen molar-refractivity contribution in [2.45, 2.75) is 30.7 Å². The van der Waals surface area contributed by atoms with Gasteiger partial charge >= 0.3 is 24.7 Å². The standard InChI is InChI=1S/C25H18ClF9N2O2/c26-19-10-15(6-7-20(19)28)23(12-14-4-2-1-3-5-14,37-22(38)36-13-24(31,32)33)16-8-17(27)11-18(9-16)39-25(34,35)21(29)30/h1-11,21H,12-13H2,(H2,36,37,38)/t23-/m1/s1. The lowest BCUT2D eigenvalue weighted by molar-refractivity contribution is -0.253. The first-order chi connectivity index (χ1) is 18.1. The normalized spacial score (nSPS) is 13.6. The van der Waals surface area contributed by atoms with Crippen LogP contribution in [0.5, 0.6) is 5.75 Å². The van der Waals surface area contributed by atoms with Crippen LogP contribution >= 0.6 is 11.6 Å². The summed E-state index contributed by atoms with van der Waals surface area (Å²) in [6.07, 6.45) is -14.5. The first kappa shape index (κ1) is 29.9. The van der Waals surface area contributed by atoms with Crippen LogP contribution in [0.1, 0.15) is 16.7 Å². The molecule has 14 heteroatoms. The van der Waals surface area contributed by atoms with Gasteiger partial charge in [-0.05, 0) is 41.0 Å². The predicted molar refractivity (Wildman–Crippen MR) is 123 cm³/mol. The van der Waals surface area contributed by atoms with E-state index in [1.54, 1.807) is 23.5 Å². The molecule has 0 bridgehead atoms. The molecule has 1 atom stereocenters. The molecule has 0 saturated carbocycles. The van der Waals surface area contributed by atoms with Gasteiger partial charge in [-0.15, -0.1) is 0 Å². The third-order valence-corrected chi connectivity index (χ3v) is 5.66. The number of nitrogens with one attached hydrogen (secondary N) is 2. The molecule has 210 valence electrons. The van der Waals surface area contributed by atoms with E-state index in [2.05, 4.69) is 10.1 Å². The molecule has 0 aliphatic carbocycles. The van der Waals surface area contributed by atoms with E-state index < -0.39 is 64.8 Å². The van der Waals surface area contributed by atoms with Crippen LogP contribution in [-0.2, 0) is 12.0 Å². The number of hydrogen-bond donors (Lipinski definition) is 2. The van der Waals surface area contributed by atoms with Gasteiger partial charge in [-0.1, -0.05) is 48.0 Å². The average Bonchev–Trinajstić information content (AvgIpc) is 2.83. The zero-order chi connectivity index (χ0) is 29.0. The highest BCUT2D eigenvalue weighted by Crippen LogP contribution is 2.39.